The molecule has 0 N–H and O–H groups in total. The zero-order valence-corrected chi connectivity index (χ0v) is 21.8. The maximum atomic E-state index is 12.9. The van der Waals surface area contributed by atoms with Gasteiger partial charge in [0.25, 0.3) is 9.84 Å². The van der Waals surface area contributed by atoms with Gasteiger partial charge in [0.2, 0.25) is 0 Å². The summed E-state index contributed by atoms with van der Waals surface area (Å²) in [6, 6.07) is 13.4. The number of pyridine rings is 1. The van der Waals surface area contributed by atoms with Gasteiger partial charge in [-0.05, 0) is 75.1 Å². The first-order valence-electron chi connectivity index (χ1n) is 12.5. The first kappa shape index (κ1) is 25.8. The Hall–Kier alpha value is -2.85. The third kappa shape index (κ3) is 4.88. The lowest BCUT2D eigenvalue weighted by atomic mass is 10.0. The molecule has 5 rings (SSSR count). The highest BCUT2D eigenvalue weighted by molar-refractivity contribution is 7.92. The average Bonchev–Trinajstić information content (AvgIpc) is 3.17. The van der Waals surface area contributed by atoms with Gasteiger partial charge in [-0.1, -0.05) is 12.1 Å². The van der Waals surface area contributed by atoms with E-state index in [2.05, 4.69) is 52.8 Å². The second-order valence-corrected chi connectivity index (χ2v) is 12.4. The molecule has 1 aromatic heterocycles. The molecular weight excluding hydrogens is 501 g/mol. The fourth-order valence-corrected chi connectivity index (χ4v) is 6.13. The lowest BCUT2D eigenvalue weighted by Crippen LogP contribution is -2.39. The van der Waals surface area contributed by atoms with Gasteiger partial charge >= 0.3 is 5.51 Å². The Labute approximate surface area is 215 Å². The molecule has 0 spiro atoms. The zero-order valence-electron chi connectivity index (χ0n) is 21.0. The van der Waals surface area contributed by atoms with E-state index < -0.39 is 20.2 Å². The molecule has 37 heavy (non-hydrogen) atoms. The number of para-hydroxylation sites is 1. The Morgan fingerprint density at radius 1 is 0.946 bits per heavy atom. The van der Waals surface area contributed by atoms with Crippen molar-refractivity contribution in [2.24, 2.45) is 0 Å². The molecule has 0 saturated carbocycles. The molecule has 6 nitrogen and oxygen atoms in total. The third-order valence-electron chi connectivity index (χ3n) is 7.49. The van der Waals surface area contributed by atoms with Crippen LogP contribution in [0.15, 0.2) is 59.6 Å². The van der Waals surface area contributed by atoms with Crippen molar-refractivity contribution in [2.45, 2.75) is 55.6 Å². The number of rotatable bonds is 5. The van der Waals surface area contributed by atoms with Gasteiger partial charge in [-0.25, -0.2) is 8.42 Å². The highest BCUT2D eigenvalue weighted by Crippen LogP contribution is 2.35. The van der Waals surface area contributed by atoms with Gasteiger partial charge in [-0.2, -0.15) is 13.2 Å². The predicted octanol–water partition coefficient (Wildman–Crippen LogP) is 5.58. The van der Waals surface area contributed by atoms with Crippen molar-refractivity contribution in [2.75, 3.05) is 36.1 Å². The largest absolute Gasteiger partial charge is 0.501 e. The van der Waals surface area contributed by atoms with E-state index in [1.165, 1.54) is 42.6 Å². The molecule has 0 radical (unpaired) electrons. The molecule has 3 aromatic rings. The summed E-state index contributed by atoms with van der Waals surface area (Å²) in [4.78, 5) is 10.8. The number of halogens is 3. The van der Waals surface area contributed by atoms with Gasteiger partial charge < -0.3 is 9.80 Å². The molecule has 2 aliphatic heterocycles. The molecule has 10 heteroatoms. The number of piperidine rings is 1. The van der Waals surface area contributed by atoms with Crippen LogP contribution in [0.2, 0.25) is 0 Å². The van der Waals surface area contributed by atoms with Crippen LogP contribution in [0.5, 0.6) is 0 Å². The SMILES string of the molecule is CC1(C)CN(c2ccc(S(=O)(=O)C(F)(F)F)cc2)CN1Cc1ccnc2c(N3CCCCC3)cccc12. The molecule has 3 heterocycles. The lowest BCUT2D eigenvalue weighted by molar-refractivity contribution is -0.0436. The zero-order chi connectivity index (χ0) is 26.4. The fourth-order valence-electron chi connectivity index (χ4n) is 5.37. The summed E-state index contributed by atoms with van der Waals surface area (Å²) >= 11 is 0. The van der Waals surface area contributed by atoms with Crippen molar-refractivity contribution in [1.82, 2.24) is 9.88 Å². The van der Waals surface area contributed by atoms with Crippen LogP contribution in [-0.2, 0) is 16.4 Å². The maximum absolute atomic E-state index is 12.9. The third-order valence-corrected chi connectivity index (χ3v) is 8.99. The van der Waals surface area contributed by atoms with Crippen LogP contribution in [-0.4, -0.2) is 55.7 Å². The lowest BCUT2D eigenvalue weighted by Gasteiger charge is -2.31. The quantitative estimate of drug-likeness (QED) is 0.428. The summed E-state index contributed by atoms with van der Waals surface area (Å²) in [5, 5.41) is 1.13. The van der Waals surface area contributed by atoms with Crippen molar-refractivity contribution in [1.29, 1.82) is 0 Å². The summed E-state index contributed by atoms with van der Waals surface area (Å²) in [6.07, 6.45) is 5.51. The molecule has 2 aliphatic rings. The number of nitrogens with zero attached hydrogens (tertiary/aromatic N) is 4. The number of hydrogen-bond acceptors (Lipinski definition) is 6. The van der Waals surface area contributed by atoms with Gasteiger partial charge in [-0.3, -0.25) is 9.88 Å². The van der Waals surface area contributed by atoms with E-state index in [9.17, 15) is 21.6 Å². The van der Waals surface area contributed by atoms with Gasteiger partial charge in [0.15, 0.2) is 0 Å². The number of anilines is 2. The van der Waals surface area contributed by atoms with E-state index in [1.807, 2.05) is 6.20 Å². The molecule has 0 bridgehead atoms. The molecule has 0 atom stereocenters. The standard InChI is InChI=1S/C27H31F3N4O2S/c1-26(2)18-33(21-9-11-22(12-10-21)37(35,36)27(28,29)30)19-34(26)17-20-13-14-31-25-23(20)7-6-8-24(25)32-15-4-3-5-16-32/h6-14H,3-5,15-19H2,1-2H3. The summed E-state index contributed by atoms with van der Waals surface area (Å²) in [6.45, 7) is 8.27. The molecule has 2 aromatic carbocycles. The molecule has 0 aliphatic carbocycles. The normalized spacial score (nSPS) is 19.1. The van der Waals surface area contributed by atoms with Crippen LogP contribution in [0.4, 0.5) is 24.5 Å². The Morgan fingerprint density at radius 3 is 2.32 bits per heavy atom. The summed E-state index contributed by atoms with van der Waals surface area (Å²) in [7, 11) is -5.36. The van der Waals surface area contributed by atoms with Crippen molar-refractivity contribution in [3.05, 3.63) is 60.3 Å². The van der Waals surface area contributed by atoms with Crippen LogP contribution >= 0.6 is 0 Å². The van der Waals surface area contributed by atoms with Gasteiger partial charge in [-0.15, -0.1) is 0 Å². The second kappa shape index (κ2) is 9.47. The van der Waals surface area contributed by atoms with Crippen LogP contribution < -0.4 is 9.80 Å². The number of aromatic nitrogens is 1. The Balaban J connectivity index is 1.38. The van der Waals surface area contributed by atoms with Crippen molar-refractivity contribution in [3.8, 4) is 0 Å². The number of alkyl halides is 3. The van der Waals surface area contributed by atoms with Crippen LogP contribution in [0.1, 0.15) is 38.7 Å². The highest BCUT2D eigenvalue weighted by atomic mass is 32.2. The van der Waals surface area contributed by atoms with E-state index in [0.29, 0.717) is 25.4 Å². The number of hydrogen-bond donors (Lipinski definition) is 0. The first-order chi connectivity index (χ1) is 17.5. The van der Waals surface area contributed by atoms with Crippen LogP contribution in [0.25, 0.3) is 10.9 Å². The Morgan fingerprint density at radius 2 is 1.65 bits per heavy atom. The van der Waals surface area contributed by atoms with Gasteiger partial charge in [0.1, 0.15) is 0 Å². The smallest absolute Gasteiger partial charge is 0.370 e. The minimum absolute atomic E-state index is 0.212. The number of sulfone groups is 1. The molecule has 0 unspecified atom stereocenters. The summed E-state index contributed by atoms with van der Waals surface area (Å²) in [5.74, 6) is 0. The first-order valence-corrected chi connectivity index (χ1v) is 14.0. The van der Waals surface area contributed by atoms with Crippen LogP contribution in [0.3, 0.4) is 0 Å². The van der Waals surface area contributed by atoms with Gasteiger partial charge in [0, 0.05) is 49.0 Å². The highest BCUT2D eigenvalue weighted by Gasteiger charge is 2.47. The van der Waals surface area contributed by atoms with E-state index in [4.69, 9.17) is 4.98 Å². The van der Waals surface area contributed by atoms with E-state index >= 15 is 0 Å². The average molecular weight is 533 g/mol. The maximum Gasteiger partial charge on any atom is 0.501 e. The molecule has 2 fully saturated rings. The summed E-state index contributed by atoms with van der Waals surface area (Å²) in [5.41, 5.74) is -1.49. The summed E-state index contributed by atoms with van der Waals surface area (Å²) < 4.78 is 62.2. The van der Waals surface area contributed by atoms with Crippen molar-refractivity contribution < 1.29 is 21.6 Å². The minimum Gasteiger partial charge on any atom is -0.370 e. The predicted molar refractivity (Wildman–Crippen MR) is 139 cm³/mol. The van der Waals surface area contributed by atoms with Gasteiger partial charge in [0.05, 0.1) is 22.8 Å². The molecule has 0 amide bonds. The number of benzene rings is 2. The fraction of sp³-hybridized carbons (Fsp3) is 0.444. The van der Waals surface area contributed by atoms with E-state index in [1.54, 1.807) is 0 Å². The number of fused-ring (bicyclic) bond motifs is 1. The van der Waals surface area contributed by atoms with Crippen LogP contribution in [0, 0.1) is 0 Å². The van der Waals surface area contributed by atoms with Crippen molar-refractivity contribution >= 4 is 32.1 Å². The van der Waals surface area contributed by atoms with E-state index in [0.717, 1.165) is 36.1 Å². The van der Waals surface area contributed by atoms with Crippen molar-refractivity contribution in [3.63, 3.8) is 0 Å². The molecule has 198 valence electrons. The monoisotopic (exact) mass is 532 g/mol. The Bertz CT molecular complexity index is 1390. The molecule has 2 saturated heterocycles. The topological polar surface area (TPSA) is 56.8 Å². The molecular formula is C27H31F3N4O2S. The minimum atomic E-state index is -5.36. The Kier molecular flexibility index (Phi) is 6.60. The second-order valence-electron chi connectivity index (χ2n) is 10.5. The van der Waals surface area contributed by atoms with E-state index in [-0.39, 0.29) is 5.54 Å².